The molecule has 6 heteroatoms. The number of nitrogens with one attached hydrogen (secondary N) is 1. The minimum atomic E-state index is -3.14. The monoisotopic (exact) mass is 324 g/mol. The first-order chi connectivity index (χ1) is 10.6. The van der Waals surface area contributed by atoms with Gasteiger partial charge in [0.2, 0.25) is 10.0 Å². The van der Waals surface area contributed by atoms with Gasteiger partial charge in [0.15, 0.2) is 0 Å². The molecule has 2 aliphatic rings. The van der Waals surface area contributed by atoms with Gasteiger partial charge >= 0.3 is 0 Å². The molecule has 0 bridgehead atoms. The Bertz CT molecular complexity index is 591. The fourth-order valence-corrected chi connectivity index (χ4v) is 4.74. The van der Waals surface area contributed by atoms with Crippen molar-refractivity contribution < 1.29 is 13.2 Å². The number of rotatable bonds is 5. The van der Waals surface area contributed by atoms with E-state index in [1.165, 1.54) is 5.56 Å². The maximum absolute atomic E-state index is 11.9. The Labute approximate surface area is 132 Å². The van der Waals surface area contributed by atoms with E-state index in [1.807, 2.05) is 25.1 Å². The van der Waals surface area contributed by atoms with Gasteiger partial charge < -0.3 is 4.74 Å². The van der Waals surface area contributed by atoms with Crippen molar-refractivity contribution in [3.8, 4) is 0 Å². The summed E-state index contributed by atoms with van der Waals surface area (Å²) in [6, 6.07) is 10.6. The van der Waals surface area contributed by atoms with Crippen molar-refractivity contribution in [1.29, 1.82) is 0 Å². The maximum atomic E-state index is 11.9. The second-order valence-electron chi connectivity index (χ2n) is 6.21. The van der Waals surface area contributed by atoms with Crippen LogP contribution in [0, 0.1) is 0 Å². The highest BCUT2D eigenvalue weighted by atomic mass is 32.2. The Morgan fingerprint density at radius 3 is 2.77 bits per heavy atom. The highest BCUT2D eigenvalue weighted by Crippen LogP contribution is 2.30. The Hall–Kier alpha value is -0.950. The summed E-state index contributed by atoms with van der Waals surface area (Å²) in [4.78, 5) is 2.36. The molecule has 0 radical (unpaired) electrons. The van der Waals surface area contributed by atoms with Crippen molar-refractivity contribution in [1.82, 2.24) is 9.62 Å². The van der Waals surface area contributed by atoms with Gasteiger partial charge in [-0.3, -0.25) is 4.90 Å². The summed E-state index contributed by atoms with van der Waals surface area (Å²) in [5, 5.41) is 0. The van der Waals surface area contributed by atoms with Crippen LogP contribution in [-0.2, 0) is 14.8 Å². The van der Waals surface area contributed by atoms with Crippen LogP contribution in [-0.4, -0.2) is 50.9 Å². The van der Waals surface area contributed by atoms with E-state index in [9.17, 15) is 8.42 Å². The van der Waals surface area contributed by atoms with Crippen LogP contribution in [0.25, 0.3) is 0 Å². The lowest BCUT2D eigenvalue weighted by Gasteiger charge is -2.35. The molecule has 22 heavy (non-hydrogen) atoms. The zero-order valence-electron chi connectivity index (χ0n) is 12.9. The third-order valence-electron chi connectivity index (χ3n) is 4.41. The van der Waals surface area contributed by atoms with Crippen LogP contribution in [0.5, 0.6) is 0 Å². The lowest BCUT2D eigenvalue weighted by molar-refractivity contribution is -0.0502. The highest BCUT2D eigenvalue weighted by Gasteiger charge is 2.38. The molecule has 1 N–H and O–H groups in total. The number of hydrogen-bond donors (Lipinski definition) is 1. The Kier molecular flexibility index (Phi) is 4.82. The summed E-state index contributed by atoms with van der Waals surface area (Å²) in [6.45, 7) is 4.17. The Morgan fingerprint density at radius 2 is 2.05 bits per heavy atom. The second-order valence-corrected chi connectivity index (χ2v) is 8.08. The molecular formula is C16H24N2O3S. The van der Waals surface area contributed by atoms with Gasteiger partial charge in [0.05, 0.1) is 18.5 Å². The number of morpholine rings is 1. The van der Waals surface area contributed by atoms with E-state index < -0.39 is 10.0 Å². The molecule has 2 heterocycles. The zero-order chi connectivity index (χ0) is 15.6. The molecule has 3 atom stereocenters. The molecule has 0 saturated carbocycles. The van der Waals surface area contributed by atoms with Gasteiger partial charge in [-0.25, -0.2) is 13.1 Å². The van der Waals surface area contributed by atoms with Crippen LogP contribution in [0.1, 0.15) is 31.4 Å². The molecule has 1 aromatic rings. The number of ether oxygens (including phenoxy) is 1. The standard InChI is InChI=1S/C16H24N2O3S/c1-2-8-22(19,20)17-14-9-15-12-21-16(11-18(15)10-14)13-6-4-3-5-7-13/h3-7,14-17H,2,8-12H2,1H3/t14-,15+,16-/m1/s1. The van der Waals surface area contributed by atoms with Crippen molar-refractivity contribution in [2.24, 2.45) is 0 Å². The number of fused-ring (bicyclic) bond motifs is 1. The van der Waals surface area contributed by atoms with Gasteiger partial charge in [-0.15, -0.1) is 0 Å². The average Bonchev–Trinajstić information content (AvgIpc) is 2.88. The van der Waals surface area contributed by atoms with E-state index in [0.29, 0.717) is 19.1 Å². The van der Waals surface area contributed by atoms with Gasteiger partial charge in [-0.05, 0) is 18.4 Å². The molecule has 2 fully saturated rings. The van der Waals surface area contributed by atoms with Crippen molar-refractivity contribution >= 4 is 10.0 Å². The van der Waals surface area contributed by atoms with Crippen LogP contribution >= 0.6 is 0 Å². The number of nitrogens with zero attached hydrogens (tertiary/aromatic N) is 1. The topological polar surface area (TPSA) is 58.6 Å². The summed E-state index contributed by atoms with van der Waals surface area (Å²) < 4.78 is 32.7. The molecule has 122 valence electrons. The van der Waals surface area contributed by atoms with E-state index in [1.54, 1.807) is 0 Å². The molecule has 2 saturated heterocycles. The number of benzene rings is 1. The fraction of sp³-hybridized carbons (Fsp3) is 0.625. The van der Waals surface area contributed by atoms with E-state index in [2.05, 4.69) is 21.8 Å². The van der Waals surface area contributed by atoms with Crippen LogP contribution in [0.3, 0.4) is 0 Å². The van der Waals surface area contributed by atoms with E-state index in [-0.39, 0.29) is 17.9 Å². The van der Waals surface area contributed by atoms with Crippen molar-refractivity contribution in [2.45, 2.75) is 38.0 Å². The average molecular weight is 324 g/mol. The Morgan fingerprint density at radius 1 is 1.27 bits per heavy atom. The summed E-state index contributed by atoms with van der Waals surface area (Å²) in [6.07, 6.45) is 1.57. The molecule has 2 aliphatic heterocycles. The SMILES string of the molecule is CCCS(=O)(=O)N[C@@H]1C[C@H]2CO[C@@H](c3ccccc3)CN2C1. The van der Waals surface area contributed by atoms with Crippen molar-refractivity contribution in [3.63, 3.8) is 0 Å². The van der Waals surface area contributed by atoms with Gasteiger partial charge in [0.1, 0.15) is 0 Å². The van der Waals surface area contributed by atoms with Gasteiger partial charge in [-0.2, -0.15) is 0 Å². The predicted molar refractivity (Wildman–Crippen MR) is 86.1 cm³/mol. The normalized spacial score (nSPS) is 29.4. The van der Waals surface area contributed by atoms with E-state index in [4.69, 9.17) is 4.74 Å². The van der Waals surface area contributed by atoms with Gasteiger partial charge in [-0.1, -0.05) is 37.3 Å². The molecule has 0 spiro atoms. The van der Waals surface area contributed by atoms with Gasteiger partial charge in [0, 0.05) is 25.2 Å². The quantitative estimate of drug-likeness (QED) is 0.892. The smallest absolute Gasteiger partial charge is 0.211 e. The maximum Gasteiger partial charge on any atom is 0.211 e. The van der Waals surface area contributed by atoms with E-state index >= 15 is 0 Å². The third-order valence-corrected chi connectivity index (χ3v) is 6.05. The Balaban J connectivity index is 1.60. The predicted octanol–water partition coefficient (Wildman–Crippen LogP) is 1.53. The molecule has 0 unspecified atom stereocenters. The van der Waals surface area contributed by atoms with Crippen LogP contribution < -0.4 is 4.72 Å². The number of hydrogen-bond acceptors (Lipinski definition) is 4. The first-order valence-electron chi connectivity index (χ1n) is 7.98. The lowest BCUT2D eigenvalue weighted by Crippen LogP contribution is -2.43. The van der Waals surface area contributed by atoms with Crippen molar-refractivity contribution in [3.05, 3.63) is 35.9 Å². The molecule has 0 aromatic heterocycles. The molecule has 0 amide bonds. The minimum absolute atomic E-state index is 0.0136. The van der Waals surface area contributed by atoms with E-state index in [0.717, 1.165) is 19.5 Å². The largest absolute Gasteiger partial charge is 0.371 e. The van der Waals surface area contributed by atoms with Crippen LogP contribution in [0.15, 0.2) is 30.3 Å². The fourth-order valence-electron chi connectivity index (χ4n) is 3.41. The number of sulfonamides is 1. The molecule has 0 aliphatic carbocycles. The van der Waals surface area contributed by atoms with Gasteiger partial charge in [0.25, 0.3) is 0 Å². The zero-order valence-corrected chi connectivity index (χ0v) is 13.8. The summed E-state index contributed by atoms with van der Waals surface area (Å²) >= 11 is 0. The highest BCUT2D eigenvalue weighted by molar-refractivity contribution is 7.89. The first kappa shape index (κ1) is 15.9. The minimum Gasteiger partial charge on any atom is -0.371 e. The van der Waals surface area contributed by atoms with Crippen LogP contribution in [0.2, 0.25) is 0 Å². The molecule has 1 aromatic carbocycles. The third kappa shape index (κ3) is 3.68. The lowest BCUT2D eigenvalue weighted by atomic mass is 10.1. The van der Waals surface area contributed by atoms with Crippen molar-refractivity contribution in [2.75, 3.05) is 25.4 Å². The summed E-state index contributed by atoms with van der Waals surface area (Å²) in [7, 11) is -3.14. The second kappa shape index (κ2) is 6.66. The van der Waals surface area contributed by atoms with Crippen LogP contribution in [0.4, 0.5) is 0 Å². The molecule has 5 nitrogen and oxygen atoms in total. The molecular weight excluding hydrogens is 300 g/mol. The molecule has 3 rings (SSSR count). The summed E-state index contributed by atoms with van der Waals surface area (Å²) in [5.74, 6) is 0.206. The first-order valence-corrected chi connectivity index (χ1v) is 9.63. The summed E-state index contributed by atoms with van der Waals surface area (Å²) in [5.41, 5.74) is 1.19.